The monoisotopic (exact) mass is 205 g/mol. The molecule has 3 heteroatoms. The van der Waals surface area contributed by atoms with Crippen LogP contribution in [0.2, 0.25) is 0 Å². The van der Waals surface area contributed by atoms with Gasteiger partial charge in [-0.3, -0.25) is 4.79 Å². The van der Waals surface area contributed by atoms with Crippen LogP contribution in [0.1, 0.15) is 33.6 Å². The molecular formula is C12H15NO2. The van der Waals surface area contributed by atoms with Crippen LogP contribution in [0.4, 0.5) is 0 Å². The van der Waals surface area contributed by atoms with Crippen molar-refractivity contribution >= 4 is 5.97 Å². The number of terminal acetylenes is 1. The van der Waals surface area contributed by atoms with Crippen molar-refractivity contribution in [3.63, 3.8) is 0 Å². The summed E-state index contributed by atoms with van der Waals surface area (Å²) in [6.45, 7) is 5.07. The molecule has 0 amide bonds. The third kappa shape index (κ3) is 1.59. The summed E-state index contributed by atoms with van der Waals surface area (Å²) in [6.07, 6.45) is 6.90. The minimum absolute atomic E-state index is 0.0615. The maximum Gasteiger partial charge on any atom is 0.304 e. The summed E-state index contributed by atoms with van der Waals surface area (Å²) < 4.78 is 5.27. The van der Waals surface area contributed by atoms with Crippen LogP contribution in [0, 0.1) is 35.0 Å². The van der Waals surface area contributed by atoms with Gasteiger partial charge in [0.2, 0.25) is 0 Å². The molecule has 0 radical (unpaired) electrons. The molecule has 80 valence electrons. The lowest BCUT2D eigenvalue weighted by molar-refractivity contribution is -0.160. The highest BCUT2D eigenvalue weighted by Crippen LogP contribution is 2.57. The van der Waals surface area contributed by atoms with E-state index in [1.807, 2.05) is 13.8 Å². The summed E-state index contributed by atoms with van der Waals surface area (Å²) in [4.78, 5) is 11.1. The highest BCUT2D eigenvalue weighted by molar-refractivity contribution is 5.67. The lowest BCUT2D eigenvalue weighted by Crippen LogP contribution is -2.46. The molecule has 15 heavy (non-hydrogen) atoms. The quantitative estimate of drug-likeness (QED) is 0.522. The van der Waals surface area contributed by atoms with Gasteiger partial charge in [0, 0.05) is 12.8 Å². The first-order valence-corrected chi connectivity index (χ1v) is 5.03. The molecule has 0 saturated heterocycles. The van der Waals surface area contributed by atoms with E-state index in [4.69, 9.17) is 16.4 Å². The third-order valence-electron chi connectivity index (χ3n) is 3.01. The summed E-state index contributed by atoms with van der Waals surface area (Å²) >= 11 is 0. The fraction of sp³-hybridized carbons (Fsp3) is 0.667. The van der Waals surface area contributed by atoms with Crippen molar-refractivity contribution in [2.75, 3.05) is 0 Å². The number of esters is 1. The number of carbonyl (C=O) groups excluding carboxylic acids is 1. The maximum absolute atomic E-state index is 11.1. The number of ether oxygens (including phenoxy) is 1. The number of hydrogen-bond donors (Lipinski definition) is 0. The summed E-state index contributed by atoms with van der Waals surface area (Å²) in [5.41, 5.74) is -1.73. The fourth-order valence-electron chi connectivity index (χ4n) is 2.02. The minimum atomic E-state index is -1.06. The predicted octanol–water partition coefficient (Wildman–Crippen LogP) is 1.88. The van der Waals surface area contributed by atoms with Gasteiger partial charge in [-0.1, -0.05) is 19.8 Å². The molecule has 0 aromatic carbocycles. The van der Waals surface area contributed by atoms with E-state index in [-0.39, 0.29) is 5.92 Å². The predicted molar refractivity (Wildman–Crippen MR) is 55.4 cm³/mol. The van der Waals surface area contributed by atoms with Gasteiger partial charge in [0.1, 0.15) is 5.41 Å². The van der Waals surface area contributed by atoms with Crippen LogP contribution in [-0.4, -0.2) is 11.6 Å². The van der Waals surface area contributed by atoms with Crippen LogP contribution >= 0.6 is 0 Å². The Kier molecular flexibility index (Phi) is 2.77. The van der Waals surface area contributed by atoms with E-state index in [0.29, 0.717) is 12.8 Å². The van der Waals surface area contributed by atoms with Crippen molar-refractivity contribution in [2.24, 2.45) is 11.3 Å². The molecule has 0 bridgehead atoms. The SMILES string of the molecule is C#C[C@@](OC(C)=O)(C(C)C)C1(C#N)CC1. The molecule has 0 aromatic heterocycles. The molecule has 0 heterocycles. The average molecular weight is 205 g/mol. The fourth-order valence-corrected chi connectivity index (χ4v) is 2.02. The Labute approximate surface area is 90.4 Å². The molecule has 0 spiro atoms. The van der Waals surface area contributed by atoms with E-state index in [1.54, 1.807) is 0 Å². The maximum atomic E-state index is 11.1. The van der Waals surface area contributed by atoms with Crippen LogP contribution in [-0.2, 0) is 9.53 Å². The van der Waals surface area contributed by atoms with Crippen LogP contribution in [0.5, 0.6) is 0 Å². The number of carbonyl (C=O) groups is 1. The van der Waals surface area contributed by atoms with Gasteiger partial charge in [-0.05, 0) is 12.8 Å². The zero-order chi connectivity index (χ0) is 11.7. The van der Waals surface area contributed by atoms with Crippen molar-refractivity contribution in [1.82, 2.24) is 0 Å². The van der Waals surface area contributed by atoms with E-state index in [1.165, 1.54) is 6.92 Å². The van der Waals surface area contributed by atoms with Crippen LogP contribution in [0.15, 0.2) is 0 Å². The Morgan fingerprint density at radius 3 is 2.33 bits per heavy atom. The zero-order valence-electron chi connectivity index (χ0n) is 9.33. The standard InChI is InChI=1S/C12H15NO2/c1-5-12(9(2)3,15-10(4)14)11(8-13)6-7-11/h1,9H,6-7H2,2-4H3/t12-/m1/s1. The molecule has 1 aliphatic rings. The lowest BCUT2D eigenvalue weighted by atomic mass is 9.77. The van der Waals surface area contributed by atoms with Gasteiger partial charge < -0.3 is 4.74 Å². The van der Waals surface area contributed by atoms with Crippen LogP contribution in [0.25, 0.3) is 0 Å². The van der Waals surface area contributed by atoms with E-state index >= 15 is 0 Å². The summed E-state index contributed by atoms with van der Waals surface area (Å²) in [5.74, 6) is 2.05. The van der Waals surface area contributed by atoms with Gasteiger partial charge in [-0.25, -0.2) is 0 Å². The number of rotatable bonds is 3. The van der Waals surface area contributed by atoms with Gasteiger partial charge in [0.25, 0.3) is 0 Å². The normalized spacial score (nSPS) is 20.9. The zero-order valence-corrected chi connectivity index (χ0v) is 9.33. The Bertz CT molecular complexity index is 355. The topological polar surface area (TPSA) is 50.1 Å². The molecule has 1 atom stereocenters. The van der Waals surface area contributed by atoms with Gasteiger partial charge in [-0.2, -0.15) is 5.26 Å². The van der Waals surface area contributed by atoms with E-state index in [9.17, 15) is 4.79 Å². The average Bonchev–Trinajstić information content (AvgIpc) is 2.94. The van der Waals surface area contributed by atoms with Gasteiger partial charge in [-0.15, -0.1) is 6.42 Å². The van der Waals surface area contributed by atoms with E-state index in [0.717, 1.165) is 0 Å². The molecular weight excluding hydrogens is 190 g/mol. The largest absolute Gasteiger partial charge is 0.444 e. The van der Waals surface area contributed by atoms with Gasteiger partial charge >= 0.3 is 5.97 Å². The lowest BCUT2D eigenvalue weighted by Gasteiger charge is -2.35. The second kappa shape index (κ2) is 3.59. The number of nitriles is 1. The molecule has 1 saturated carbocycles. The number of nitrogens with zero attached hydrogens (tertiary/aromatic N) is 1. The van der Waals surface area contributed by atoms with Crippen molar-refractivity contribution in [3.05, 3.63) is 0 Å². The minimum Gasteiger partial charge on any atom is -0.444 e. The van der Waals surface area contributed by atoms with Crippen LogP contribution < -0.4 is 0 Å². The molecule has 1 fully saturated rings. The van der Waals surface area contributed by atoms with Crippen molar-refractivity contribution in [1.29, 1.82) is 5.26 Å². The first-order valence-electron chi connectivity index (χ1n) is 5.03. The van der Waals surface area contributed by atoms with E-state index < -0.39 is 17.0 Å². The van der Waals surface area contributed by atoms with Crippen molar-refractivity contribution in [3.8, 4) is 18.4 Å². The molecule has 0 aliphatic heterocycles. The molecule has 0 aromatic rings. The van der Waals surface area contributed by atoms with E-state index in [2.05, 4.69) is 12.0 Å². The second-order valence-corrected chi connectivity index (χ2v) is 4.32. The number of hydrogen-bond acceptors (Lipinski definition) is 3. The first-order chi connectivity index (χ1) is 6.94. The van der Waals surface area contributed by atoms with Crippen molar-refractivity contribution < 1.29 is 9.53 Å². The second-order valence-electron chi connectivity index (χ2n) is 4.32. The Hall–Kier alpha value is -1.48. The summed E-state index contributed by atoms with van der Waals surface area (Å²) in [7, 11) is 0. The molecule has 3 nitrogen and oxygen atoms in total. The summed E-state index contributed by atoms with van der Waals surface area (Å²) in [5, 5.41) is 9.15. The summed E-state index contributed by atoms with van der Waals surface area (Å²) in [6, 6.07) is 2.21. The molecule has 0 N–H and O–H groups in total. The van der Waals surface area contributed by atoms with Gasteiger partial charge in [0.05, 0.1) is 6.07 Å². The van der Waals surface area contributed by atoms with Gasteiger partial charge in [0.15, 0.2) is 5.60 Å². The highest BCUT2D eigenvalue weighted by Gasteiger charge is 2.63. The van der Waals surface area contributed by atoms with Crippen molar-refractivity contribution in [2.45, 2.75) is 39.2 Å². The molecule has 1 aliphatic carbocycles. The first kappa shape index (κ1) is 11.6. The molecule has 0 unspecified atom stereocenters. The smallest absolute Gasteiger partial charge is 0.304 e. The highest BCUT2D eigenvalue weighted by atomic mass is 16.6. The third-order valence-corrected chi connectivity index (χ3v) is 3.01. The Morgan fingerprint density at radius 2 is 2.13 bits per heavy atom. The van der Waals surface area contributed by atoms with Crippen LogP contribution in [0.3, 0.4) is 0 Å². The molecule has 1 rings (SSSR count). The Balaban J connectivity index is 3.13. The Morgan fingerprint density at radius 1 is 1.60 bits per heavy atom.